The number of benzene rings is 1. The van der Waals surface area contributed by atoms with Gasteiger partial charge in [-0.15, -0.1) is 5.10 Å². The second kappa shape index (κ2) is 6.87. The van der Waals surface area contributed by atoms with Gasteiger partial charge in [-0.2, -0.15) is 0 Å². The van der Waals surface area contributed by atoms with E-state index in [1.807, 2.05) is 30.3 Å². The highest BCUT2D eigenvalue weighted by Crippen LogP contribution is 2.30. The predicted octanol–water partition coefficient (Wildman–Crippen LogP) is 1.01. The predicted molar refractivity (Wildman–Crippen MR) is 83.1 cm³/mol. The number of amides is 1. The van der Waals surface area contributed by atoms with E-state index in [-0.39, 0.29) is 12.5 Å². The van der Waals surface area contributed by atoms with Gasteiger partial charge >= 0.3 is 0 Å². The van der Waals surface area contributed by atoms with Crippen LogP contribution in [-0.4, -0.2) is 48.3 Å². The fourth-order valence-electron chi connectivity index (χ4n) is 3.07. The van der Waals surface area contributed by atoms with Gasteiger partial charge in [-0.25, -0.2) is 4.68 Å². The number of hydrogen-bond acceptors (Lipinski definition) is 5. The molecule has 0 aliphatic heterocycles. The monoisotopic (exact) mass is 315 g/mol. The molecule has 1 saturated carbocycles. The van der Waals surface area contributed by atoms with E-state index in [1.165, 1.54) is 11.0 Å². The zero-order chi connectivity index (χ0) is 16.1. The Balaban J connectivity index is 1.73. The molecule has 0 radical (unpaired) electrons. The number of aromatic nitrogens is 4. The minimum absolute atomic E-state index is 0.0793. The van der Waals surface area contributed by atoms with Crippen molar-refractivity contribution in [1.29, 1.82) is 0 Å². The second-order valence-electron chi connectivity index (χ2n) is 6.17. The van der Waals surface area contributed by atoms with Crippen molar-refractivity contribution >= 4 is 5.91 Å². The molecule has 7 heteroatoms. The van der Waals surface area contributed by atoms with Gasteiger partial charge in [0.25, 0.3) is 0 Å². The summed E-state index contributed by atoms with van der Waals surface area (Å²) in [6.07, 6.45) is 4.93. The SMILES string of the molecule is O=C(Cn1cnnn1)N(Cc1ccccc1)CC1(O)CCCC1. The van der Waals surface area contributed by atoms with Gasteiger partial charge in [-0.05, 0) is 28.8 Å². The fourth-order valence-corrected chi connectivity index (χ4v) is 3.07. The lowest BCUT2D eigenvalue weighted by atomic mass is 10.0. The van der Waals surface area contributed by atoms with Crippen LogP contribution in [0.4, 0.5) is 0 Å². The highest BCUT2D eigenvalue weighted by Gasteiger charge is 2.34. The smallest absolute Gasteiger partial charge is 0.244 e. The molecule has 1 aromatic carbocycles. The van der Waals surface area contributed by atoms with Crippen LogP contribution in [0.1, 0.15) is 31.2 Å². The van der Waals surface area contributed by atoms with E-state index in [0.717, 1.165) is 31.2 Å². The highest BCUT2D eigenvalue weighted by atomic mass is 16.3. The highest BCUT2D eigenvalue weighted by molar-refractivity contribution is 5.76. The van der Waals surface area contributed by atoms with E-state index >= 15 is 0 Å². The second-order valence-corrected chi connectivity index (χ2v) is 6.17. The molecule has 0 saturated heterocycles. The Morgan fingerprint density at radius 2 is 2.00 bits per heavy atom. The largest absolute Gasteiger partial charge is 0.388 e. The third-order valence-corrected chi connectivity index (χ3v) is 4.28. The summed E-state index contributed by atoms with van der Waals surface area (Å²) in [5.74, 6) is -0.0959. The first-order valence-corrected chi connectivity index (χ1v) is 7.89. The molecule has 1 heterocycles. The van der Waals surface area contributed by atoms with Crippen LogP contribution >= 0.6 is 0 Å². The van der Waals surface area contributed by atoms with Gasteiger partial charge in [0.05, 0.1) is 5.60 Å². The summed E-state index contributed by atoms with van der Waals surface area (Å²) in [4.78, 5) is 14.4. The van der Waals surface area contributed by atoms with Gasteiger partial charge in [-0.1, -0.05) is 43.2 Å². The van der Waals surface area contributed by atoms with Crippen LogP contribution in [0, 0.1) is 0 Å². The zero-order valence-corrected chi connectivity index (χ0v) is 13.0. The van der Waals surface area contributed by atoms with E-state index in [0.29, 0.717) is 13.1 Å². The number of nitrogens with zero attached hydrogens (tertiary/aromatic N) is 5. The quantitative estimate of drug-likeness (QED) is 0.860. The first-order chi connectivity index (χ1) is 11.1. The summed E-state index contributed by atoms with van der Waals surface area (Å²) >= 11 is 0. The molecule has 3 rings (SSSR count). The van der Waals surface area contributed by atoms with Crippen molar-refractivity contribution < 1.29 is 9.90 Å². The summed E-state index contributed by atoms with van der Waals surface area (Å²) in [6, 6.07) is 9.81. The van der Waals surface area contributed by atoms with Crippen LogP contribution in [0.25, 0.3) is 0 Å². The van der Waals surface area contributed by atoms with Crippen LogP contribution < -0.4 is 0 Å². The van der Waals surface area contributed by atoms with Crippen molar-refractivity contribution in [2.45, 2.75) is 44.4 Å². The number of hydrogen-bond donors (Lipinski definition) is 1. The number of carbonyl (C=O) groups is 1. The lowest BCUT2D eigenvalue weighted by molar-refractivity contribution is -0.136. The van der Waals surface area contributed by atoms with Gasteiger partial charge < -0.3 is 10.0 Å². The van der Waals surface area contributed by atoms with E-state index in [9.17, 15) is 9.90 Å². The minimum atomic E-state index is -0.773. The summed E-state index contributed by atoms with van der Waals surface area (Å²) in [5.41, 5.74) is 0.268. The minimum Gasteiger partial charge on any atom is -0.388 e. The molecule has 1 aromatic heterocycles. The number of tetrazole rings is 1. The van der Waals surface area contributed by atoms with Crippen LogP contribution in [-0.2, 0) is 17.9 Å². The van der Waals surface area contributed by atoms with Crippen LogP contribution in [0.2, 0.25) is 0 Å². The van der Waals surface area contributed by atoms with E-state index in [1.54, 1.807) is 4.90 Å². The molecule has 122 valence electrons. The van der Waals surface area contributed by atoms with E-state index in [4.69, 9.17) is 0 Å². The third-order valence-electron chi connectivity index (χ3n) is 4.28. The van der Waals surface area contributed by atoms with Crippen molar-refractivity contribution in [3.63, 3.8) is 0 Å². The summed E-state index contributed by atoms with van der Waals surface area (Å²) in [7, 11) is 0. The molecule has 7 nitrogen and oxygen atoms in total. The van der Waals surface area contributed by atoms with Crippen molar-refractivity contribution in [2.75, 3.05) is 6.54 Å². The summed E-state index contributed by atoms with van der Waals surface area (Å²) in [5, 5.41) is 21.5. The molecule has 1 amide bonds. The molecule has 1 aliphatic carbocycles. The molecular weight excluding hydrogens is 294 g/mol. The third kappa shape index (κ3) is 4.13. The van der Waals surface area contributed by atoms with Crippen LogP contribution in [0.5, 0.6) is 0 Å². The molecular formula is C16H21N5O2. The summed E-state index contributed by atoms with van der Waals surface area (Å²) in [6.45, 7) is 0.906. The normalized spacial score (nSPS) is 16.4. The molecule has 1 N–H and O–H groups in total. The Bertz CT molecular complexity index is 623. The number of rotatable bonds is 6. The van der Waals surface area contributed by atoms with Gasteiger partial charge in [0.1, 0.15) is 12.9 Å². The lowest BCUT2D eigenvalue weighted by Crippen LogP contribution is -2.45. The molecule has 0 unspecified atom stereocenters. The molecule has 2 aromatic rings. The lowest BCUT2D eigenvalue weighted by Gasteiger charge is -2.31. The molecule has 1 fully saturated rings. The van der Waals surface area contributed by atoms with Crippen LogP contribution in [0.3, 0.4) is 0 Å². The Labute approximate surface area is 134 Å². The van der Waals surface area contributed by atoms with Crippen LogP contribution in [0.15, 0.2) is 36.7 Å². The Morgan fingerprint density at radius 1 is 1.26 bits per heavy atom. The van der Waals surface area contributed by atoms with Crippen molar-refractivity contribution in [3.8, 4) is 0 Å². The molecule has 23 heavy (non-hydrogen) atoms. The van der Waals surface area contributed by atoms with Gasteiger partial charge in [-0.3, -0.25) is 4.79 Å². The Kier molecular flexibility index (Phi) is 4.66. The first-order valence-electron chi connectivity index (χ1n) is 7.89. The molecule has 1 aliphatic rings. The van der Waals surface area contributed by atoms with Gasteiger partial charge in [0.2, 0.25) is 5.91 Å². The molecule has 0 spiro atoms. The van der Waals surface area contributed by atoms with E-state index in [2.05, 4.69) is 15.5 Å². The topological polar surface area (TPSA) is 84.1 Å². The van der Waals surface area contributed by atoms with E-state index < -0.39 is 5.60 Å². The van der Waals surface area contributed by atoms with Crippen molar-refractivity contribution in [2.24, 2.45) is 0 Å². The molecule has 0 atom stereocenters. The first kappa shape index (κ1) is 15.6. The zero-order valence-electron chi connectivity index (χ0n) is 13.0. The Morgan fingerprint density at radius 3 is 2.65 bits per heavy atom. The standard InChI is InChI=1S/C16H21N5O2/c22-15(11-21-13-17-18-19-21)20(10-14-6-2-1-3-7-14)12-16(23)8-4-5-9-16/h1-3,6-7,13,23H,4-5,8-12H2. The van der Waals surface area contributed by atoms with Crippen molar-refractivity contribution in [1.82, 2.24) is 25.1 Å². The number of aliphatic hydroxyl groups is 1. The summed E-state index contributed by atoms with van der Waals surface area (Å²) < 4.78 is 1.40. The number of carbonyl (C=O) groups excluding carboxylic acids is 1. The maximum atomic E-state index is 12.6. The van der Waals surface area contributed by atoms with Crippen molar-refractivity contribution in [3.05, 3.63) is 42.2 Å². The van der Waals surface area contributed by atoms with Gasteiger partial charge in [0.15, 0.2) is 0 Å². The maximum absolute atomic E-state index is 12.6. The average Bonchev–Trinajstić information content (AvgIpc) is 3.20. The fraction of sp³-hybridized carbons (Fsp3) is 0.500. The maximum Gasteiger partial charge on any atom is 0.244 e. The van der Waals surface area contributed by atoms with Gasteiger partial charge in [0, 0.05) is 13.1 Å². The Hall–Kier alpha value is -2.28. The average molecular weight is 315 g/mol. The molecule has 0 bridgehead atoms.